The molecular weight excluding hydrogens is 184 g/mol. The van der Waals surface area contributed by atoms with Crippen molar-refractivity contribution in [2.45, 2.75) is 26.2 Å². The summed E-state index contributed by atoms with van der Waals surface area (Å²) in [5.41, 5.74) is 0. The van der Waals surface area contributed by atoms with Crippen LogP contribution in [-0.2, 0) is 4.79 Å². The van der Waals surface area contributed by atoms with Crippen molar-refractivity contribution in [3.8, 4) is 0 Å². The van der Waals surface area contributed by atoms with Crippen molar-refractivity contribution in [3.05, 3.63) is 36.4 Å². The molecule has 0 aliphatic rings. The van der Waals surface area contributed by atoms with E-state index >= 15 is 0 Å². The predicted octanol–water partition coefficient (Wildman–Crippen LogP) is 3.63. The van der Waals surface area contributed by atoms with Crippen LogP contribution in [0.1, 0.15) is 26.2 Å². The molecule has 0 aromatic heterocycles. The summed E-state index contributed by atoms with van der Waals surface area (Å²) in [6.45, 7) is 2.03. The lowest BCUT2D eigenvalue weighted by Gasteiger charge is -1.84. The molecule has 1 nitrogen and oxygen atoms in total. The van der Waals surface area contributed by atoms with Gasteiger partial charge in [-0.1, -0.05) is 49.7 Å². The van der Waals surface area contributed by atoms with E-state index in [2.05, 4.69) is 0 Å². The summed E-state index contributed by atoms with van der Waals surface area (Å²) in [5.74, 6) is 0. The van der Waals surface area contributed by atoms with Crippen LogP contribution in [0.3, 0.4) is 0 Å². The zero-order valence-electron chi connectivity index (χ0n) is 7.87. The zero-order valence-corrected chi connectivity index (χ0v) is 8.63. The van der Waals surface area contributed by atoms with Crippen LogP contribution in [0, 0.1) is 0 Å². The molecule has 0 radical (unpaired) electrons. The molecule has 0 bridgehead atoms. The van der Waals surface area contributed by atoms with Gasteiger partial charge in [0.2, 0.25) is 5.24 Å². The summed E-state index contributed by atoms with van der Waals surface area (Å²) in [7, 11) is 0. The van der Waals surface area contributed by atoms with Crippen LogP contribution < -0.4 is 0 Å². The average Bonchev–Trinajstić information content (AvgIpc) is 2.18. The molecule has 1 aromatic carbocycles. The Morgan fingerprint density at radius 1 is 1.08 bits per heavy atom. The van der Waals surface area contributed by atoms with Gasteiger partial charge in [-0.25, -0.2) is 0 Å². The SMILES string of the molecule is CCCCC(=O)Cl.c1ccccc1. The summed E-state index contributed by atoms with van der Waals surface area (Å²) in [4.78, 5) is 9.97. The summed E-state index contributed by atoms with van der Waals surface area (Å²) >= 11 is 5.02. The van der Waals surface area contributed by atoms with Crippen LogP contribution in [0.5, 0.6) is 0 Å². The lowest BCUT2D eigenvalue weighted by Crippen LogP contribution is -1.82. The van der Waals surface area contributed by atoms with Gasteiger partial charge in [0.1, 0.15) is 0 Å². The first kappa shape index (κ1) is 12.2. The highest BCUT2D eigenvalue weighted by Crippen LogP contribution is 1.96. The fraction of sp³-hybridized carbons (Fsp3) is 0.364. The van der Waals surface area contributed by atoms with E-state index in [4.69, 9.17) is 11.6 Å². The van der Waals surface area contributed by atoms with Gasteiger partial charge in [0.15, 0.2) is 0 Å². The molecule has 13 heavy (non-hydrogen) atoms. The molecule has 0 amide bonds. The molecule has 0 saturated carbocycles. The molecule has 0 atom stereocenters. The van der Waals surface area contributed by atoms with Gasteiger partial charge in [-0.05, 0) is 18.0 Å². The Hall–Kier alpha value is -0.820. The second kappa shape index (κ2) is 9.27. The van der Waals surface area contributed by atoms with Crippen LogP contribution >= 0.6 is 11.6 Å². The van der Waals surface area contributed by atoms with Gasteiger partial charge >= 0.3 is 0 Å². The molecule has 0 fully saturated rings. The van der Waals surface area contributed by atoms with E-state index in [1.807, 2.05) is 43.3 Å². The van der Waals surface area contributed by atoms with Crippen LogP contribution in [0.25, 0.3) is 0 Å². The minimum absolute atomic E-state index is 0.221. The van der Waals surface area contributed by atoms with Crippen LogP contribution in [0.2, 0.25) is 0 Å². The average molecular weight is 199 g/mol. The van der Waals surface area contributed by atoms with Crippen molar-refractivity contribution in [2.75, 3.05) is 0 Å². The number of halogens is 1. The lowest BCUT2D eigenvalue weighted by atomic mass is 10.3. The fourth-order valence-electron chi connectivity index (χ4n) is 0.701. The van der Waals surface area contributed by atoms with Gasteiger partial charge < -0.3 is 0 Å². The zero-order chi connectivity index (χ0) is 9.94. The van der Waals surface area contributed by atoms with E-state index < -0.39 is 0 Å². The monoisotopic (exact) mass is 198 g/mol. The second-order valence-electron chi connectivity index (χ2n) is 2.61. The van der Waals surface area contributed by atoms with E-state index in [-0.39, 0.29) is 5.24 Å². The van der Waals surface area contributed by atoms with E-state index in [1.54, 1.807) is 0 Å². The Balaban J connectivity index is 0.000000223. The standard InChI is InChI=1S/C6H6.C5H9ClO/c1-2-4-6-5-3-1;1-2-3-4-5(6)7/h1-6H;2-4H2,1H3. The molecule has 0 N–H and O–H groups in total. The summed E-state index contributed by atoms with van der Waals surface area (Å²) < 4.78 is 0. The summed E-state index contributed by atoms with van der Waals surface area (Å²) in [5, 5.41) is -0.221. The van der Waals surface area contributed by atoms with Gasteiger partial charge in [-0.3, -0.25) is 4.79 Å². The van der Waals surface area contributed by atoms with E-state index in [0.717, 1.165) is 12.8 Å². The van der Waals surface area contributed by atoms with Crippen molar-refractivity contribution >= 4 is 16.8 Å². The predicted molar refractivity (Wildman–Crippen MR) is 56.8 cm³/mol. The first-order chi connectivity index (χ1) is 6.27. The maximum absolute atomic E-state index is 9.97. The molecule has 72 valence electrons. The quantitative estimate of drug-likeness (QED) is 0.678. The van der Waals surface area contributed by atoms with Crippen LogP contribution in [0.15, 0.2) is 36.4 Å². The molecule has 1 rings (SSSR count). The number of carbonyl (C=O) groups excluding carboxylic acids is 1. The summed E-state index contributed by atoms with van der Waals surface area (Å²) in [6.07, 6.45) is 2.48. The first-order valence-electron chi connectivity index (χ1n) is 4.45. The maximum Gasteiger partial charge on any atom is 0.221 e. The van der Waals surface area contributed by atoms with E-state index in [1.165, 1.54) is 0 Å². The van der Waals surface area contributed by atoms with Crippen molar-refractivity contribution in [3.63, 3.8) is 0 Å². The van der Waals surface area contributed by atoms with Crippen LogP contribution in [-0.4, -0.2) is 5.24 Å². The largest absolute Gasteiger partial charge is 0.281 e. The lowest BCUT2D eigenvalue weighted by molar-refractivity contribution is -0.111. The Morgan fingerprint density at radius 3 is 1.62 bits per heavy atom. The first-order valence-corrected chi connectivity index (χ1v) is 4.83. The smallest absolute Gasteiger partial charge is 0.221 e. The molecule has 0 saturated heterocycles. The Bertz CT molecular complexity index is 182. The Morgan fingerprint density at radius 2 is 1.46 bits per heavy atom. The fourth-order valence-corrected chi connectivity index (χ4v) is 0.834. The van der Waals surface area contributed by atoms with Crippen molar-refractivity contribution in [1.29, 1.82) is 0 Å². The summed E-state index contributed by atoms with van der Waals surface area (Å²) in [6, 6.07) is 12.0. The number of rotatable bonds is 3. The third-order valence-electron chi connectivity index (χ3n) is 1.39. The Kier molecular flexibility index (Phi) is 8.68. The van der Waals surface area contributed by atoms with Crippen LogP contribution in [0.4, 0.5) is 0 Å². The molecule has 0 spiro atoms. The normalized spacial score (nSPS) is 8.46. The third kappa shape index (κ3) is 11.2. The number of hydrogen-bond donors (Lipinski definition) is 0. The van der Waals surface area contributed by atoms with Gasteiger partial charge in [0.25, 0.3) is 0 Å². The highest BCUT2D eigenvalue weighted by atomic mass is 35.5. The number of carbonyl (C=O) groups is 1. The second-order valence-corrected chi connectivity index (χ2v) is 3.03. The van der Waals surface area contributed by atoms with Gasteiger partial charge in [0.05, 0.1) is 0 Å². The molecule has 1 aromatic rings. The number of hydrogen-bond acceptors (Lipinski definition) is 1. The van der Waals surface area contributed by atoms with Crippen molar-refractivity contribution in [2.24, 2.45) is 0 Å². The Labute approximate surface area is 84.7 Å². The number of benzene rings is 1. The van der Waals surface area contributed by atoms with Gasteiger partial charge in [-0.2, -0.15) is 0 Å². The molecule has 0 aliphatic heterocycles. The molecule has 0 unspecified atom stereocenters. The maximum atomic E-state index is 9.97. The van der Waals surface area contributed by atoms with Gasteiger partial charge in [0, 0.05) is 6.42 Å². The molecule has 0 aliphatic carbocycles. The molecule has 2 heteroatoms. The van der Waals surface area contributed by atoms with E-state index in [9.17, 15) is 4.79 Å². The topological polar surface area (TPSA) is 17.1 Å². The third-order valence-corrected chi connectivity index (χ3v) is 1.58. The highest BCUT2D eigenvalue weighted by molar-refractivity contribution is 6.63. The minimum Gasteiger partial charge on any atom is -0.281 e. The number of unbranched alkanes of at least 4 members (excludes halogenated alkanes) is 1. The van der Waals surface area contributed by atoms with Gasteiger partial charge in [-0.15, -0.1) is 0 Å². The molecular formula is C11H15ClO. The van der Waals surface area contributed by atoms with Crippen molar-refractivity contribution < 1.29 is 4.79 Å². The van der Waals surface area contributed by atoms with Crippen molar-refractivity contribution in [1.82, 2.24) is 0 Å². The minimum atomic E-state index is -0.221. The van der Waals surface area contributed by atoms with E-state index in [0.29, 0.717) is 6.42 Å². The molecule has 0 heterocycles. The highest BCUT2D eigenvalue weighted by Gasteiger charge is 1.90.